The molecule has 2 aliphatic heterocycles. The van der Waals surface area contributed by atoms with Crippen LogP contribution in [0.1, 0.15) is 19.3 Å². The second kappa shape index (κ2) is 4.29. The molecule has 0 amide bonds. The molecule has 19 heavy (non-hydrogen) atoms. The van der Waals surface area contributed by atoms with Crippen molar-refractivity contribution in [2.24, 2.45) is 4.99 Å². The van der Waals surface area contributed by atoms with Crippen LogP contribution in [-0.2, 0) is 9.47 Å². The van der Waals surface area contributed by atoms with Crippen molar-refractivity contribution >= 4 is 5.57 Å². The molecule has 98 valence electrons. The highest BCUT2D eigenvalue weighted by molar-refractivity contribution is 5.67. The molecule has 1 aromatic rings. The predicted octanol–water partition coefficient (Wildman–Crippen LogP) is 1.32. The molecule has 1 fully saturated rings. The summed E-state index contributed by atoms with van der Waals surface area (Å²) in [5.74, 6) is -0.320. The van der Waals surface area contributed by atoms with Crippen LogP contribution in [0.3, 0.4) is 0 Å². The Kier molecular flexibility index (Phi) is 2.57. The molecule has 0 aromatic heterocycles. The van der Waals surface area contributed by atoms with E-state index in [0.29, 0.717) is 0 Å². The zero-order valence-corrected chi connectivity index (χ0v) is 10.9. The first-order chi connectivity index (χ1) is 9.36. The van der Waals surface area contributed by atoms with Crippen LogP contribution >= 0.6 is 0 Å². The molecule has 3 heteroatoms. The van der Waals surface area contributed by atoms with Crippen molar-refractivity contribution in [3.05, 3.63) is 46.5 Å². The van der Waals surface area contributed by atoms with Gasteiger partial charge in [-0.05, 0) is 23.6 Å². The van der Waals surface area contributed by atoms with Gasteiger partial charge in [0.25, 0.3) is 0 Å². The number of benzene rings is 1. The smallest absolute Gasteiger partial charge is 0.172 e. The van der Waals surface area contributed by atoms with Crippen LogP contribution in [0.5, 0.6) is 0 Å². The van der Waals surface area contributed by atoms with Crippen molar-refractivity contribution in [1.82, 2.24) is 0 Å². The second-order valence-electron chi connectivity index (χ2n) is 5.35. The molecule has 4 rings (SSSR count). The minimum Gasteiger partial charge on any atom is -0.347 e. The summed E-state index contributed by atoms with van der Waals surface area (Å²) in [6, 6.07) is 8.41. The van der Waals surface area contributed by atoms with Crippen molar-refractivity contribution < 1.29 is 9.47 Å². The molecule has 3 aliphatic rings. The van der Waals surface area contributed by atoms with E-state index in [1.807, 2.05) is 0 Å². The fourth-order valence-corrected chi connectivity index (χ4v) is 3.23. The van der Waals surface area contributed by atoms with Crippen molar-refractivity contribution in [3.63, 3.8) is 0 Å². The summed E-state index contributed by atoms with van der Waals surface area (Å²) in [6.45, 7) is 2.29. The fraction of sp³-hybridized carbons (Fsp3) is 0.438. The first-order valence-corrected chi connectivity index (χ1v) is 6.96. The van der Waals surface area contributed by atoms with E-state index < -0.39 is 0 Å². The molecular formula is C16H17NO2. The lowest BCUT2D eigenvalue weighted by molar-refractivity contribution is -0.161. The van der Waals surface area contributed by atoms with E-state index in [4.69, 9.17) is 9.47 Å². The highest BCUT2D eigenvalue weighted by Crippen LogP contribution is 2.37. The van der Waals surface area contributed by atoms with Gasteiger partial charge in [-0.1, -0.05) is 24.3 Å². The maximum Gasteiger partial charge on any atom is 0.172 e. The third-order valence-electron chi connectivity index (χ3n) is 4.27. The molecule has 0 radical (unpaired) electrons. The van der Waals surface area contributed by atoms with Gasteiger partial charge in [-0.2, -0.15) is 0 Å². The average Bonchev–Trinajstić information content (AvgIpc) is 3.08. The fourth-order valence-electron chi connectivity index (χ4n) is 3.23. The van der Waals surface area contributed by atoms with Gasteiger partial charge in [0.1, 0.15) is 0 Å². The minimum absolute atomic E-state index is 0.320. The van der Waals surface area contributed by atoms with Gasteiger partial charge in [0, 0.05) is 18.1 Å². The van der Waals surface area contributed by atoms with Crippen LogP contribution < -0.4 is 10.6 Å². The summed E-state index contributed by atoms with van der Waals surface area (Å²) in [6.07, 6.45) is 5.15. The number of nitrogens with zero attached hydrogens (tertiary/aromatic N) is 1. The normalized spacial score (nSPS) is 24.2. The van der Waals surface area contributed by atoms with E-state index in [1.54, 1.807) is 0 Å². The number of ether oxygens (including phenoxy) is 2. The van der Waals surface area contributed by atoms with Gasteiger partial charge in [0.15, 0.2) is 5.79 Å². The average molecular weight is 255 g/mol. The summed E-state index contributed by atoms with van der Waals surface area (Å²) in [7, 11) is 0. The highest BCUT2D eigenvalue weighted by Gasteiger charge is 2.38. The lowest BCUT2D eigenvalue weighted by Crippen LogP contribution is -2.32. The summed E-state index contributed by atoms with van der Waals surface area (Å²) in [5.41, 5.74) is 2.82. The Bertz CT molecular complexity index is 654. The van der Waals surface area contributed by atoms with Gasteiger partial charge in [0.2, 0.25) is 0 Å². The van der Waals surface area contributed by atoms with E-state index in [0.717, 1.165) is 44.4 Å². The molecule has 1 saturated heterocycles. The van der Waals surface area contributed by atoms with E-state index in [-0.39, 0.29) is 5.79 Å². The van der Waals surface area contributed by atoms with E-state index in [2.05, 4.69) is 35.3 Å². The Morgan fingerprint density at radius 3 is 2.74 bits per heavy atom. The monoisotopic (exact) mass is 255 g/mol. The molecule has 0 unspecified atom stereocenters. The van der Waals surface area contributed by atoms with Gasteiger partial charge < -0.3 is 9.47 Å². The summed E-state index contributed by atoms with van der Waals surface area (Å²) in [4.78, 5) is 4.60. The van der Waals surface area contributed by atoms with Crippen LogP contribution in [0.25, 0.3) is 5.57 Å². The number of fused-ring (bicyclic) bond motifs is 1. The minimum atomic E-state index is -0.320. The van der Waals surface area contributed by atoms with E-state index in [1.165, 1.54) is 16.4 Å². The number of hydrogen-bond donors (Lipinski definition) is 0. The third kappa shape index (κ3) is 1.85. The Morgan fingerprint density at radius 2 is 1.95 bits per heavy atom. The molecular weight excluding hydrogens is 238 g/mol. The van der Waals surface area contributed by atoms with Crippen molar-refractivity contribution in [3.8, 4) is 0 Å². The van der Waals surface area contributed by atoms with Gasteiger partial charge in [-0.25, -0.2) is 0 Å². The molecule has 0 atom stereocenters. The molecule has 3 nitrogen and oxygen atoms in total. The molecule has 0 N–H and O–H groups in total. The van der Waals surface area contributed by atoms with Crippen molar-refractivity contribution in [2.75, 3.05) is 19.8 Å². The van der Waals surface area contributed by atoms with E-state index in [9.17, 15) is 0 Å². The maximum atomic E-state index is 5.76. The quantitative estimate of drug-likeness (QED) is 0.758. The Labute approximate surface area is 112 Å². The van der Waals surface area contributed by atoms with Crippen LogP contribution in [0.15, 0.2) is 40.9 Å². The van der Waals surface area contributed by atoms with Crippen molar-refractivity contribution in [2.45, 2.75) is 25.0 Å². The van der Waals surface area contributed by atoms with Gasteiger partial charge in [-0.3, -0.25) is 4.99 Å². The molecule has 0 bridgehead atoms. The summed E-state index contributed by atoms with van der Waals surface area (Å²) < 4.78 is 11.5. The zero-order valence-electron chi connectivity index (χ0n) is 10.9. The SMILES string of the molecule is C1=C(C2=c3ccccc3=NC2)CCC2(C1)OCCO2. The van der Waals surface area contributed by atoms with Crippen LogP contribution in [0.2, 0.25) is 0 Å². The Hall–Kier alpha value is -1.45. The van der Waals surface area contributed by atoms with Crippen LogP contribution in [-0.4, -0.2) is 25.5 Å². The molecule has 1 aromatic carbocycles. The van der Waals surface area contributed by atoms with Gasteiger partial charge in [-0.15, -0.1) is 0 Å². The first-order valence-electron chi connectivity index (χ1n) is 6.96. The highest BCUT2D eigenvalue weighted by atomic mass is 16.7. The van der Waals surface area contributed by atoms with Crippen molar-refractivity contribution in [1.29, 1.82) is 0 Å². The Balaban J connectivity index is 1.69. The third-order valence-corrected chi connectivity index (χ3v) is 4.27. The van der Waals surface area contributed by atoms with E-state index >= 15 is 0 Å². The lowest BCUT2D eigenvalue weighted by atomic mass is 9.89. The predicted molar refractivity (Wildman–Crippen MR) is 72.1 cm³/mol. The second-order valence-corrected chi connectivity index (χ2v) is 5.35. The summed E-state index contributed by atoms with van der Waals surface area (Å²) in [5, 5.41) is 2.44. The topological polar surface area (TPSA) is 30.8 Å². The lowest BCUT2D eigenvalue weighted by Gasteiger charge is -2.30. The van der Waals surface area contributed by atoms with Crippen LogP contribution in [0.4, 0.5) is 0 Å². The number of rotatable bonds is 1. The van der Waals surface area contributed by atoms with Crippen LogP contribution in [0, 0.1) is 0 Å². The molecule has 2 heterocycles. The molecule has 1 spiro atoms. The summed E-state index contributed by atoms with van der Waals surface area (Å²) >= 11 is 0. The largest absolute Gasteiger partial charge is 0.347 e. The van der Waals surface area contributed by atoms with Gasteiger partial charge >= 0.3 is 0 Å². The first kappa shape index (κ1) is 11.4. The maximum absolute atomic E-state index is 5.76. The number of para-hydroxylation sites is 1. The molecule has 1 aliphatic carbocycles. The zero-order chi connectivity index (χ0) is 12.7. The number of hydrogen-bond acceptors (Lipinski definition) is 3. The standard InChI is InChI=1S/C16H17NO2/c1-2-4-15-13(3-1)14(11-17-15)12-5-7-16(8-6-12)18-9-10-19-16/h1-5H,6-11H2. The molecule has 0 saturated carbocycles. The Morgan fingerprint density at radius 1 is 1.11 bits per heavy atom. The van der Waals surface area contributed by atoms with Gasteiger partial charge in [0.05, 0.1) is 25.1 Å².